The highest BCUT2D eigenvalue weighted by Crippen LogP contribution is 2.41. The van der Waals surface area contributed by atoms with Crippen molar-refractivity contribution < 1.29 is 50.1 Å². The summed E-state index contributed by atoms with van der Waals surface area (Å²) in [6, 6.07) is 0.715. The molecule has 0 aromatic carbocycles. The van der Waals surface area contributed by atoms with E-state index in [0.29, 0.717) is 6.07 Å². The van der Waals surface area contributed by atoms with Gasteiger partial charge in [0.2, 0.25) is 5.88 Å². The highest BCUT2D eigenvalue weighted by atomic mass is 32.1. The number of rotatable bonds is 6. The van der Waals surface area contributed by atoms with Crippen LogP contribution < -0.4 is 10.1 Å². The van der Waals surface area contributed by atoms with Gasteiger partial charge in [-0.3, -0.25) is 9.53 Å². The van der Waals surface area contributed by atoms with E-state index in [1.165, 1.54) is 19.4 Å². The van der Waals surface area contributed by atoms with Crippen molar-refractivity contribution in [2.24, 2.45) is 0 Å². The van der Waals surface area contributed by atoms with Crippen LogP contribution in [0.1, 0.15) is 22.8 Å². The van der Waals surface area contributed by atoms with Gasteiger partial charge in [0.05, 0.1) is 41.0 Å². The zero-order valence-corrected chi connectivity index (χ0v) is 17.9. The Morgan fingerprint density at radius 2 is 1.88 bits per heavy atom. The number of halogens is 6. The Morgan fingerprint density at radius 3 is 2.45 bits per heavy atom. The van der Waals surface area contributed by atoms with Crippen LogP contribution in [-0.4, -0.2) is 67.2 Å². The number of aromatic nitrogens is 1. The number of ether oxygens (including phenoxy) is 3. The van der Waals surface area contributed by atoms with Gasteiger partial charge in [0.1, 0.15) is 12.2 Å². The summed E-state index contributed by atoms with van der Waals surface area (Å²) >= 11 is 0.724. The fourth-order valence-corrected chi connectivity index (χ4v) is 4.15. The van der Waals surface area contributed by atoms with Crippen LogP contribution in [0.25, 0.3) is 10.2 Å². The Morgan fingerprint density at radius 1 is 1.21 bits per heavy atom. The predicted octanol–water partition coefficient (Wildman–Crippen LogP) is 3.80. The van der Waals surface area contributed by atoms with Gasteiger partial charge in [-0.15, -0.1) is 24.5 Å². The number of amides is 2. The molecule has 1 aliphatic heterocycles. The summed E-state index contributed by atoms with van der Waals surface area (Å²) in [5.74, 6) is -1.01. The van der Waals surface area contributed by atoms with E-state index in [4.69, 9.17) is 4.74 Å². The number of likely N-dealkylation sites (tertiary alicyclic amines) is 1. The zero-order valence-electron chi connectivity index (χ0n) is 17.1. The number of alkyl halides is 6. The first-order valence-electron chi connectivity index (χ1n) is 9.25. The highest BCUT2D eigenvalue weighted by Gasteiger charge is 2.45. The van der Waals surface area contributed by atoms with E-state index in [1.807, 2.05) is 0 Å². The third-order valence-electron chi connectivity index (χ3n) is 4.51. The lowest BCUT2D eigenvalue weighted by Gasteiger charge is -2.46. The zero-order chi connectivity index (χ0) is 24.6. The highest BCUT2D eigenvalue weighted by molar-refractivity contribution is 7.17. The van der Waals surface area contributed by atoms with Crippen LogP contribution in [-0.2, 0) is 15.7 Å². The smallest absolute Gasteiger partial charge is 0.468 e. The number of thiophene rings is 1. The van der Waals surface area contributed by atoms with Crippen LogP contribution >= 0.6 is 11.3 Å². The SMILES string of the molecule is CNC(=O)c1csc2c(C(F)(F)F)cc(OC3(C)CN(C(=O)OCCOC(F)(F)F)C3)nc12. The first-order chi connectivity index (χ1) is 15.2. The molecule has 15 heteroatoms. The van der Waals surface area contributed by atoms with Crippen molar-refractivity contribution in [1.82, 2.24) is 15.2 Å². The summed E-state index contributed by atoms with van der Waals surface area (Å²) in [4.78, 5) is 29.0. The minimum absolute atomic E-state index is 0.0431. The van der Waals surface area contributed by atoms with Gasteiger partial charge in [-0.25, -0.2) is 9.78 Å². The molecular weight excluding hydrogens is 484 g/mol. The van der Waals surface area contributed by atoms with E-state index in [-0.39, 0.29) is 28.9 Å². The first kappa shape index (κ1) is 24.8. The number of carbonyl (C=O) groups excluding carboxylic acids is 2. The molecule has 2 aromatic rings. The van der Waals surface area contributed by atoms with Crippen molar-refractivity contribution in [3.63, 3.8) is 0 Å². The van der Waals surface area contributed by atoms with Crippen LogP contribution in [0.15, 0.2) is 11.4 Å². The van der Waals surface area contributed by atoms with Crippen LogP contribution in [0.4, 0.5) is 31.1 Å². The minimum Gasteiger partial charge on any atom is -0.468 e. The number of hydrogen-bond donors (Lipinski definition) is 1. The van der Waals surface area contributed by atoms with Gasteiger partial charge in [0, 0.05) is 18.5 Å². The Bertz CT molecular complexity index is 1050. The summed E-state index contributed by atoms with van der Waals surface area (Å²) < 4.78 is 90.0. The van der Waals surface area contributed by atoms with E-state index in [0.717, 1.165) is 16.2 Å². The van der Waals surface area contributed by atoms with E-state index < -0.39 is 54.8 Å². The second-order valence-electron chi connectivity index (χ2n) is 7.23. The van der Waals surface area contributed by atoms with Crippen LogP contribution in [0.3, 0.4) is 0 Å². The fourth-order valence-electron chi connectivity index (χ4n) is 3.13. The molecule has 1 saturated heterocycles. The molecule has 0 unspecified atom stereocenters. The van der Waals surface area contributed by atoms with Gasteiger partial charge in [-0.2, -0.15) is 13.2 Å². The Hall–Kier alpha value is -2.81. The second kappa shape index (κ2) is 8.85. The molecule has 0 radical (unpaired) electrons. The molecule has 0 bridgehead atoms. The monoisotopic (exact) mass is 501 g/mol. The second-order valence-corrected chi connectivity index (χ2v) is 8.11. The van der Waals surface area contributed by atoms with E-state index in [2.05, 4.69) is 19.8 Å². The molecule has 1 N–H and O–H groups in total. The lowest BCUT2D eigenvalue weighted by molar-refractivity contribution is -0.326. The molecule has 0 aliphatic carbocycles. The maximum Gasteiger partial charge on any atom is 0.522 e. The molecule has 1 aliphatic rings. The van der Waals surface area contributed by atoms with Crippen molar-refractivity contribution in [1.29, 1.82) is 0 Å². The Labute approximate surface area is 186 Å². The van der Waals surface area contributed by atoms with Gasteiger partial charge in [-0.1, -0.05) is 0 Å². The number of nitrogens with zero attached hydrogens (tertiary/aromatic N) is 2. The third kappa shape index (κ3) is 5.76. The molecule has 3 rings (SSSR count). The quantitative estimate of drug-likeness (QED) is 0.479. The molecule has 33 heavy (non-hydrogen) atoms. The summed E-state index contributed by atoms with van der Waals surface area (Å²) in [6.07, 6.45) is -10.5. The summed E-state index contributed by atoms with van der Waals surface area (Å²) in [5.41, 5.74) is -2.37. The van der Waals surface area contributed by atoms with Gasteiger partial charge >= 0.3 is 18.6 Å². The van der Waals surface area contributed by atoms with E-state index in [9.17, 15) is 35.9 Å². The lowest BCUT2D eigenvalue weighted by Crippen LogP contribution is -2.65. The van der Waals surface area contributed by atoms with E-state index in [1.54, 1.807) is 0 Å². The largest absolute Gasteiger partial charge is 0.522 e. The average molecular weight is 501 g/mol. The lowest BCUT2D eigenvalue weighted by atomic mass is 9.97. The van der Waals surface area contributed by atoms with Crippen LogP contribution in [0, 0.1) is 0 Å². The van der Waals surface area contributed by atoms with Gasteiger partial charge in [0.15, 0.2) is 0 Å². The predicted molar refractivity (Wildman–Crippen MR) is 102 cm³/mol. The van der Waals surface area contributed by atoms with E-state index >= 15 is 0 Å². The van der Waals surface area contributed by atoms with Crippen LogP contribution in [0.5, 0.6) is 5.88 Å². The third-order valence-corrected chi connectivity index (χ3v) is 5.51. The number of fused-ring (bicyclic) bond motifs is 1. The number of carbonyl (C=O) groups is 2. The molecule has 1 fully saturated rings. The normalized spacial score (nSPS) is 15.8. The summed E-state index contributed by atoms with van der Waals surface area (Å²) in [5, 5.41) is 3.60. The molecule has 8 nitrogen and oxygen atoms in total. The maximum atomic E-state index is 13.6. The average Bonchev–Trinajstić information content (AvgIpc) is 3.10. The van der Waals surface area contributed by atoms with Gasteiger partial charge < -0.3 is 19.7 Å². The fraction of sp³-hybridized carbons (Fsp3) is 0.500. The molecule has 2 aromatic heterocycles. The molecule has 0 spiro atoms. The number of pyridine rings is 1. The van der Waals surface area contributed by atoms with Crippen molar-refractivity contribution >= 4 is 33.6 Å². The van der Waals surface area contributed by atoms with Gasteiger partial charge in [0.25, 0.3) is 5.91 Å². The summed E-state index contributed by atoms with van der Waals surface area (Å²) in [6.45, 7) is -0.233. The van der Waals surface area contributed by atoms with Crippen LogP contribution in [0.2, 0.25) is 0 Å². The summed E-state index contributed by atoms with van der Waals surface area (Å²) in [7, 11) is 1.33. The first-order valence-corrected chi connectivity index (χ1v) is 10.1. The molecule has 0 saturated carbocycles. The standard InChI is InChI=1S/C18H17F6N3O5S/c1-16(7-27(8-16)15(29)30-3-4-31-18(22,23)24)32-11-5-10(17(19,20)21)13-12(26-11)9(6-33-13)14(28)25-2/h5-6H,3-4,7-8H2,1-2H3,(H,25,28). The van der Waals surface area contributed by atoms with Crippen molar-refractivity contribution in [2.45, 2.75) is 25.1 Å². The molecule has 182 valence electrons. The molecule has 0 atom stereocenters. The van der Waals surface area contributed by atoms with Crippen molar-refractivity contribution in [2.75, 3.05) is 33.4 Å². The van der Waals surface area contributed by atoms with Crippen molar-refractivity contribution in [3.05, 3.63) is 22.6 Å². The minimum atomic E-state index is -4.85. The topological polar surface area (TPSA) is 90.0 Å². The Balaban J connectivity index is 1.70. The number of nitrogens with one attached hydrogen (secondary N) is 1. The molecule has 3 heterocycles. The van der Waals surface area contributed by atoms with Gasteiger partial charge in [-0.05, 0) is 6.92 Å². The number of hydrogen-bond acceptors (Lipinski definition) is 7. The van der Waals surface area contributed by atoms with Crippen molar-refractivity contribution in [3.8, 4) is 5.88 Å². The Kier molecular flexibility index (Phi) is 6.66. The maximum absolute atomic E-state index is 13.6. The molecule has 2 amide bonds. The molecular formula is C18H17F6N3O5S.